The first kappa shape index (κ1) is 19.9. The number of fused-ring (bicyclic) bond motifs is 1. The van der Waals surface area contributed by atoms with Crippen LogP contribution in [0.15, 0.2) is 18.2 Å². The molecule has 0 saturated carbocycles. The van der Waals surface area contributed by atoms with Crippen LogP contribution in [-0.2, 0) is 16.1 Å². The van der Waals surface area contributed by atoms with E-state index in [0.717, 1.165) is 43.7 Å². The van der Waals surface area contributed by atoms with Gasteiger partial charge in [0.2, 0.25) is 11.8 Å². The number of carbonyl (C=O) groups excluding carboxylic acids is 3. The monoisotopic (exact) mass is 399 g/mol. The molecule has 3 amide bonds. The third-order valence-corrected chi connectivity index (χ3v) is 6.42. The second kappa shape index (κ2) is 8.14. The van der Waals surface area contributed by atoms with Gasteiger partial charge in [0.25, 0.3) is 5.91 Å². The molecule has 0 spiro atoms. The molecule has 1 N–H and O–H groups in total. The van der Waals surface area contributed by atoms with Gasteiger partial charge in [-0.1, -0.05) is 6.92 Å². The van der Waals surface area contributed by atoms with E-state index in [9.17, 15) is 14.4 Å². The van der Waals surface area contributed by atoms with Crippen molar-refractivity contribution in [3.63, 3.8) is 0 Å². The molecule has 0 radical (unpaired) electrons. The van der Waals surface area contributed by atoms with Crippen LogP contribution in [0.25, 0.3) is 0 Å². The topological polar surface area (TPSA) is 79.0 Å². The van der Waals surface area contributed by atoms with E-state index in [4.69, 9.17) is 4.74 Å². The van der Waals surface area contributed by atoms with Gasteiger partial charge in [-0.2, -0.15) is 0 Å². The van der Waals surface area contributed by atoms with Gasteiger partial charge in [0.15, 0.2) is 0 Å². The molecule has 0 aromatic heterocycles. The number of hydrogen-bond acceptors (Lipinski definition) is 5. The first-order chi connectivity index (χ1) is 14.0. The van der Waals surface area contributed by atoms with E-state index in [1.807, 2.05) is 12.1 Å². The van der Waals surface area contributed by atoms with Crippen LogP contribution in [0, 0.1) is 0 Å². The Bertz CT molecular complexity index is 824. The summed E-state index contributed by atoms with van der Waals surface area (Å²) in [5.74, 6) is -0.0319. The average Bonchev–Trinajstić information content (AvgIpc) is 3.03. The van der Waals surface area contributed by atoms with Gasteiger partial charge in [-0.15, -0.1) is 0 Å². The van der Waals surface area contributed by atoms with E-state index in [-0.39, 0.29) is 30.2 Å². The number of hydrogen-bond donors (Lipinski definition) is 1. The Morgan fingerprint density at radius 1 is 1.24 bits per heavy atom. The van der Waals surface area contributed by atoms with Crippen LogP contribution in [0.4, 0.5) is 0 Å². The van der Waals surface area contributed by atoms with Gasteiger partial charge in [-0.05, 0) is 62.9 Å². The lowest BCUT2D eigenvalue weighted by Gasteiger charge is -2.36. The zero-order valence-electron chi connectivity index (χ0n) is 17.1. The number of carbonyl (C=O) groups is 3. The highest BCUT2D eigenvalue weighted by Crippen LogP contribution is 2.31. The maximum Gasteiger partial charge on any atom is 0.255 e. The molecular weight excluding hydrogens is 370 g/mol. The summed E-state index contributed by atoms with van der Waals surface area (Å²) in [6.07, 6.45) is 4.08. The van der Waals surface area contributed by atoms with E-state index in [1.54, 1.807) is 11.0 Å². The largest absolute Gasteiger partial charge is 0.489 e. The molecule has 0 aliphatic carbocycles. The molecule has 3 aliphatic rings. The van der Waals surface area contributed by atoms with Crippen molar-refractivity contribution in [1.29, 1.82) is 0 Å². The van der Waals surface area contributed by atoms with Crippen LogP contribution in [0.5, 0.6) is 5.75 Å². The van der Waals surface area contributed by atoms with Crippen LogP contribution in [0.3, 0.4) is 0 Å². The van der Waals surface area contributed by atoms with Gasteiger partial charge in [0.1, 0.15) is 17.9 Å². The van der Waals surface area contributed by atoms with E-state index in [1.165, 1.54) is 0 Å². The number of nitrogens with one attached hydrogen (secondary N) is 1. The molecular formula is C22H29N3O4. The third kappa shape index (κ3) is 4.01. The fourth-order valence-electron chi connectivity index (χ4n) is 4.54. The van der Waals surface area contributed by atoms with Gasteiger partial charge in [0.05, 0.1) is 0 Å². The molecule has 4 rings (SSSR count). The second-order valence-electron chi connectivity index (χ2n) is 8.35. The fourth-order valence-corrected chi connectivity index (χ4v) is 4.54. The van der Waals surface area contributed by atoms with Crippen LogP contribution < -0.4 is 10.1 Å². The number of likely N-dealkylation sites (tertiary alicyclic amines) is 1. The van der Waals surface area contributed by atoms with Gasteiger partial charge in [0, 0.05) is 31.1 Å². The van der Waals surface area contributed by atoms with Gasteiger partial charge < -0.3 is 9.64 Å². The maximum atomic E-state index is 12.8. The lowest BCUT2D eigenvalue weighted by atomic mass is 10.0. The summed E-state index contributed by atoms with van der Waals surface area (Å²) in [6.45, 7) is 6.89. The summed E-state index contributed by atoms with van der Waals surface area (Å²) in [4.78, 5) is 40.4. The molecule has 7 heteroatoms. The standard InChI is InChI=1S/C22H29N3O4/c1-3-14(2)24-10-4-5-17(13-24)29-16-6-7-18-15(11-16)12-25(22(18)28)19-8-9-20(26)23-21(19)27/h6-7,11,14,17,19H,3-5,8-10,12-13H2,1-2H3,(H,23,26,27)/t14-,17-,19?/m1/s1. The highest BCUT2D eigenvalue weighted by atomic mass is 16.5. The summed E-state index contributed by atoms with van der Waals surface area (Å²) in [7, 11) is 0. The fraction of sp³-hybridized carbons (Fsp3) is 0.591. The van der Waals surface area contributed by atoms with Crippen molar-refractivity contribution < 1.29 is 19.1 Å². The lowest BCUT2D eigenvalue weighted by Crippen LogP contribution is -2.52. The Morgan fingerprint density at radius 3 is 2.83 bits per heavy atom. The SMILES string of the molecule is CC[C@@H](C)N1CCC[C@@H](Oc2ccc3c(c2)CN(C2CCC(=O)NC2=O)C3=O)C1. The quantitative estimate of drug-likeness (QED) is 0.767. The molecule has 1 aromatic carbocycles. The summed E-state index contributed by atoms with van der Waals surface area (Å²) >= 11 is 0. The summed E-state index contributed by atoms with van der Waals surface area (Å²) in [6, 6.07) is 5.56. The van der Waals surface area contributed by atoms with Crippen molar-refractivity contribution in [2.45, 2.75) is 70.7 Å². The van der Waals surface area contributed by atoms with Gasteiger partial charge in [-0.25, -0.2) is 0 Å². The third-order valence-electron chi connectivity index (χ3n) is 6.42. The molecule has 2 fully saturated rings. The number of ether oxygens (including phenoxy) is 1. The molecule has 0 bridgehead atoms. The number of benzene rings is 1. The minimum Gasteiger partial charge on any atom is -0.489 e. The molecule has 3 aliphatic heterocycles. The molecule has 1 aromatic rings. The molecule has 29 heavy (non-hydrogen) atoms. The summed E-state index contributed by atoms with van der Waals surface area (Å²) in [5.41, 5.74) is 1.50. The number of amides is 3. The highest BCUT2D eigenvalue weighted by Gasteiger charge is 2.39. The van der Waals surface area contributed by atoms with E-state index in [0.29, 0.717) is 24.6 Å². The molecule has 3 heterocycles. The van der Waals surface area contributed by atoms with Crippen LogP contribution in [0.1, 0.15) is 61.9 Å². The summed E-state index contributed by atoms with van der Waals surface area (Å²) in [5, 5.41) is 2.34. The Hall–Kier alpha value is -2.41. The highest BCUT2D eigenvalue weighted by molar-refractivity contribution is 6.05. The zero-order chi connectivity index (χ0) is 20.5. The van der Waals surface area contributed by atoms with Gasteiger partial charge in [-0.3, -0.25) is 24.6 Å². The maximum absolute atomic E-state index is 12.8. The number of nitrogens with zero attached hydrogens (tertiary/aromatic N) is 2. The minimum atomic E-state index is -0.584. The van der Waals surface area contributed by atoms with Crippen LogP contribution in [0.2, 0.25) is 0 Å². The van der Waals surface area contributed by atoms with Crippen molar-refractivity contribution >= 4 is 17.7 Å². The first-order valence-corrected chi connectivity index (χ1v) is 10.6. The Labute approximate surface area is 171 Å². The second-order valence-corrected chi connectivity index (χ2v) is 8.35. The van der Waals surface area contributed by atoms with E-state index >= 15 is 0 Å². The number of piperidine rings is 2. The number of imide groups is 1. The van der Waals surface area contributed by atoms with E-state index < -0.39 is 6.04 Å². The Balaban J connectivity index is 1.44. The smallest absolute Gasteiger partial charge is 0.255 e. The average molecular weight is 399 g/mol. The Morgan fingerprint density at radius 2 is 2.07 bits per heavy atom. The predicted octanol–water partition coefficient (Wildman–Crippen LogP) is 2.09. The molecule has 3 atom stereocenters. The number of rotatable bonds is 5. The molecule has 2 saturated heterocycles. The Kier molecular flexibility index (Phi) is 5.58. The van der Waals surface area contributed by atoms with Crippen molar-refractivity contribution in [3.05, 3.63) is 29.3 Å². The van der Waals surface area contributed by atoms with Crippen molar-refractivity contribution in [3.8, 4) is 5.75 Å². The van der Waals surface area contributed by atoms with Crippen molar-refractivity contribution in [2.24, 2.45) is 0 Å². The predicted molar refractivity (Wildman–Crippen MR) is 107 cm³/mol. The van der Waals surface area contributed by atoms with Crippen molar-refractivity contribution in [2.75, 3.05) is 13.1 Å². The minimum absolute atomic E-state index is 0.151. The zero-order valence-corrected chi connectivity index (χ0v) is 17.1. The normalized spacial score (nSPS) is 26.3. The molecule has 7 nitrogen and oxygen atoms in total. The summed E-state index contributed by atoms with van der Waals surface area (Å²) < 4.78 is 6.26. The van der Waals surface area contributed by atoms with Crippen molar-refractivity contribution in [1.82, 2.24) is 15.1 Å². The lowest BCUT2D eigenvalue weighted by molar-refractivity contribution is -0.136. The van der Waals surface area contributed by atoms with Gasteiger partial charge >= 0.3 is 0 Å². The van der Waals surface area contributed by atoms with Crippen LogP contribution >= 0.6 is 0 Å². The van der Waals surface area contributed by atoms with Crippen LogP contribution in [-0.4, -0.2) is 58.8 Å². The van der Waals surface area contributed by atoms with E-state index in [2.05, 4.69) is 24.1 Å². The molecule has 1 unspecified atom stereocenters. The molecule has 156 valence electrons. The first-order valence-electron chi connectivity index (χ1n) is 10.6.